The molecule has 0 unspecified atom stereocenters. The number of aromatic nitrogens is 2. The first-order valence-corrected chi connectivity index (χ1v) is 5.47. The van der Waals surface area contributed by atoms with Crippen molar-refractivity contribution >= 4 is 11.6 Å². The molecule has 0 aliphatic carbocycles. The van der Waals surface area contributed by atoms with Crippen molar-refractivity contribution in [2.24, 2.45) is 0 Å². The first-order chi connectivity index (χ1) is 8.06. The molecule has 0 bridgehead atoms. The van der Waals surface area contributed by atoms with E-state index in [1.54, 1.807) is 6.92 Å². The number of H-pyrrole nitrogens is 1. The summed E-state index contributed by atoms with van der Waals surface area (Å²) in [6, 6.07) is 7.45. The second-order valence-corrected chi connectivity index (χ2v) is 4.11. The number of nitrogens with one attached hydrogen (secondary N) is 2. The van der Waals surface area contributed by atoms with Gasteiger partial charge in [-0.25, -0.2) is 4.98 Å². The number of aryl methyl sites for hydroxylation is 2. The van der Waals surface area contributed by atoms with Crippen LogP contribution in [0.1, 0.15) is 16.8 Å². The van der Waals surface area contributed by atoms with Gasteiger partial charge in [-0.15, -0.1) is 0 Å². The van der Waals surface area contributed by atoms with E-state index < -0.39 is 0 Å². The van der Waals surface area contributed by atoms with E-state index in [9.17, 15) is 4.79 Å². The molecule has 2 aromatic rings. The summed E-state index contributed by atoms with van der Waals surface area (Å²) < 4.78 is 0. The van der Waals surface area contributed by atoms with Gasteiger partial charge in [-0.05, 0) is 38.0 Å². The first kappa shape index (κ1) is 11.4. The highest BCUT2D eigenvalue weighted by atomic mass is 16.1. The van der Waals surface area contributed by atoms with Gasteiger partial charge < -0.3 is 5.32 Å². The Morgan fingerprint density at radius 2 is 2.00 bits per heavy atom. The molecule has 4 nitrogen and oxygen atoms in total. The minimum absolute atomic E-state index is 0.148. The van der Waals surface area contributed by atoms with E-state index in [0.717, 1.165) is 11.3 Å². The Morgan fingerprint density at radius 1 is 1.24 bits per heavy atom. The van der Waals surface area contributed by atoms with Gasteiger partial charge in [0.25, 0.3) is 5.56 Å². The van der Waals surface area contributed by atoms with Crippen molar-refractivity contribution in [1.82, 2.24) is 9.97 Å². The van der Waals surface area contributed by atoms with Crippen LogP contribution in [-0.2, 0) is 0 Å². The quantitative estimate of drug-likeness (QED) is 0.831. The Hall–Kier alpha value is -2.10. The van der Waals surface area contributed by atoms with E-state index in [1.165, 1.54) is 11.6 Å². The summed E-state index contributed by atoms with van der Waals surface area (Å²) in [7, 11) is 0. The molecule has 0 atom stereocenters. The Balaban J connectivity index is 2.38. The van der Waals surface area contributed by atoms with Crippen molar-refractivity contribution in [3.8, 4) is 0 Å². The monoisotopic (exact) mass is 229 g/mol. The van der Waals surface area contributed by atoms with Crippen LogP contribution in [0.3, 0.4) is 0 Å². The molecule has 4 heteroatoms. The molecule has 1 heterocycles. The van der Waals surface area contributed by atoms with E-state index >= 15 is 0 Å². The van der Waals surface area contributed by atoms with Gasteiger partial charge in [-0.3, -0.25) is 9.78 Å². The standard InChI is InChI=1S/C13H15N3O/c1-8-5-4-6-11(10(8)3)15-13-14-9(2)7-12(17)16-13/h4-7H,1-3H3,(H2,14,15,16,17). The van der Waals surface area contributed by atoms with Gasteiger partial charge in [0.2, 0.25) is 5.95 Å². The van der Waals surface area contributed by atoms with E-state index in [4.69, 9.17) is 0 Å². The third kappa shape index (κ3) is 2.53. The van der Waals surface area contributed by atoms with Crippen molar-refractivity contribution < 1.29 is 0 Å². The van der Waals surface area contributed by atoms with E-state index in [2.05, 4.69) is 15.3 Å². The van der Waals surface area contributed by atoms with Gasteiger partial charge in [0, 0.05) is 17.4 Å². The lowest BCUT2D eigenvalue weighted by Crippen LogP contribution is -2.11. The number of anilines is 2. The number of benzene rings is 1. The van der Waals surface area contributed by atoms with E-state index in [-0.39, 0.29) is 5.56 Å². The molecule has 0 aliphatic heterocycles. The van der Waals surface area contributed by atoms with Gasteiger partial charge in [-0.1, -0.05) is 12.1 Å². The van der Waals surface area contributed by atoms with Crippen LogP contribution in [-0.4, -0.2) is 9.97 Å². The molecule has 0 spiro atoms. The molecule has 0 saturated carbocycles. The zero-order valence-electron chi connectivity index (χ0n) is 10.2. The van der Waals surface area contributed by atoms with Crippen LogP contribution in [0.25, 0.3) is 0 Å². The molecule has 1 aromatic carbocycles. The summed E-state index contributed by atoms with van der Waals surface area (Å²) in [5.74, 6) is 0.476. The van der Waals surface area contributed by atoms with Crippen LogP contribution in [0, 0.1) is 20.8 Å². The fourth-order valence-electron chi connectivity index (χ4n) is 1.65. The van der Waals surface area contributed by atoms with Gasteiger partial charge in [-0.2, -0.15) is 0 Å². The van der Waals surface area contributed by atoms with Gasteiger partial charge in [0.15, 0.2) is 0 Å². The summed E-state index contributed by atoms with van der Waals surface area (Å²) >= 11 is 0. The highest BCUT2D eigenvalue weighted by Crippen LogP contribution is 2.20. The molecular weight excluding hydrogens is 214 g/mol. The summed E-state index contributed by atoms with van der Waals surface area (Å²) in [4.78, 5) is 18.2. The van der Waals surface area contributed by atoms with Crippen LogP contribution >= 0.6 is 0 Å². The Labute approximate surface area is 99.7 Å². The first-order valence-electron chi connectivity index (χ1n) is 5.47. The van der Waals surface area contributed by atoms with Crippen LogP contribution in [0.15, 0.2) is 29.1 Å². The van der Waals surface area contributed by atoms with Gasteiger partial charge >= 0.3 is 0 Å². The number of aromatic amines is 1. The molecule has 2 rings (SSSR count). The highest BCUT2D eigenvalue weighted by Gasteiger charge is 2.03. The van der Waals surface area contributed by atoms with E-state index in [1.807, 2.05) is 32.0 Å². The molecule has 17 heavy (non-hydrogen) atoms. The molecular formula is C13H15N3O. The summed E-state index contributed by atoms with van der Waals surface area (Å²) in [6.45, 7) is 5.88. The van der Waals surface area contributed by atoms with Crippen molar-refractivity contribution in [3.05, 3.63) is 51.4 Å². The predicted octanol–water partition coefficient (Wildman–Crippen LogP) is 2.44. The summed E-state index contributed by atoms with van der Waals surface area (Å²) in [5, 5.41) is 3.13. The zero-order valence-corrected chi connectivity index (χ0v) is 10.2. The second kappa shape index (κ2) is 4.41. The van der Waals surface area contributed by atoms with Crippen LogP contribution < -0.4 is 10.9 Å². The fraction of sp³-hybridized carbons (Fsp3) is 0.231. The van der Waals surface area contributed by atoms with Crippen LogP contribution in [0.5, 0.6) is 0 Å². The molecule has 88 valence electrons. The topological polar surface area (TPSA) is 57.8 Å². The maximum Gasteiger partial charge on any atom is 0.252 e. The lowest BCUT2D eigenvalue weighted by molar-refractivity contribution is 1.07. The summed E-state index contributed by atoms with van der Waals surface area (Å²) in [6.07, 6.45) is 0. The largest absolute Gasteiger partial charge is 0.325 e. The molecule has 0 fully saturated rings. The average molecular weight is 229 g/mol. The van der Waals surface area contributed by atoms with Crippen LogP contribution in [0.2, 0.25) is 0 Å². The zero-order chi connectivity index (χ0) is 12.4. The number of hydrogen-bond donors (Lipinski definition) is 2. The third-order valence-electron chi connectivity index (χ3n) is 2.73. The third-order valence-corrected chi connectivity index (χ3v) is 2.73. The highest BCUT2D eigenvalue weighted by molar-refractivity contribution is 5.59. The van der Waals surface area contributed by atoms with Crippen molar-refractivity contribution in [3.63, 3.8) is 0 Å². The normalized spacial score (nSPS) is 10.3. The number of rotatable bonds is 2. The minimum atomic E-state index is -0.148. The molecule has 2 N–H and O–H groups in total. The van der Waals surface area contributed by atoms with Crippen LogP contribution in [0.4, 0.5) is 11.6 Å². The SMILES string of the molecule is Cc1cc(=O)[nH]c(Nc2cccc(C)c2C)n1. The Kier molecular flexibility index (Phi) is 2.95. The average Bonchev–Trinajstić information content (AvgIpc) is 2.23. The molecule has 0 saturated heterocycles. The Morgan fingerprint density at radius 3 is 2.71 bits per heavy atom. The summed E-state index contributed by atoms with van der Waals surface area (Å²) in [5.41, 5.74) is 3.85. The molecule has 1 aromatic heterocycles. The number of nitrogens with zero attached hydrogens (tertiary/aromatic N) is 1. The molecule has 0 amide bonds. The van der Waals surface area contributed by atoms with Gasteiger partial charge in [0.1, 0.15) is 0 Å². The smallest absolute Gasteiger partial charge is 0.252 e. The lowest BCUT2D eigenvalue weighted by atomic mass is 10.1. The van der Waals surface area contributed by atoms with Crippen molar-refractivity contribution in [2.75, 3.05) is 5.32 Å². The second-order valence-electron chi connectivity index (χ2n) is 4.11. The minimum Gasteiger partial charge on any atom is -0.325 e. The Bertz CT molecular complexity index is 602. The van der Waals surface area contributed by atoms with Crippen molar-refractivity contribution in [2.45, 2.75) is 20.8 Å². The maximum absolute atomic E-state index is 11.3. The predicted molar refractivity (Wildman–Crippen MR) is 68.8 cm³/mol. The lowest BCUT2D eigenvalue weighted by Gasteiger charge is -2.10. The van der Waals surface area contributed by atoms with E-state index in [0.29, 0.717) is 11.6 Å². The van der Waals surface area contributed by atoms with Crippen molar-refractivity contribution in [1.29, 1.82) is 0 Å². The number of hydrogen-bond acceptors (Lipinski definition) is 3. The fourth-order valence-corrected chi connectivity index (χ4v) is 1.65. The maximum atomic E-state index is 11.3. The molecule has 0 aliphatic rings. The molecule has 0 radical (unpaired) electrons. The van der Waals surface area contributed by atoms with Gasteiger partial charge in [0.05, 0.1) is 0 Å².